The SMILES string of the molecule is Cc1ccc(I)c(C(=O)NC2(C(=O)O)CCCCC2)c1. The van der Waals surface area contributed by atoms with Crippen LogP contribution in [-0.2, 0) is 4.79 Å². The summed E-state index contributed by atoms with van der Waals surface area (Å²) in [6.45, 7) is 1.92. The van der Waals surface area contributed by atoms with Crippen molar-refractivity contribution in [2.75, 3.05) is 0 Å². The van der Waals surface area contributed by atoms with Crippen LogP contribution in [-0.4, -0.2) is 22.5 Å². The van der Waals surface area contributed by atoms with Crippen molar-refractivity contribution in [3.8, 4) is 0 Å². The smallest absolute Gasteiger partial charge is 0.329 e. The van der Waals surface area contributed by atoms with Crippen LogP contribution in [0.3, 0.4) is 0 Å². The van der Waals surface area contributed by atoms with Crippen molar-refractivity contribution in [2.24, 2.45) is 0 Å². The molecule has 1 aromatic carbocycles. The van der Waals surface area contributed by atoms with Gasteiger partial charge in [0.15, 0.2) is 0 Å². The molecule has 4 nitrogen and oxygen atoms in total. The van der Waals surface area contributed by atoms with E-state index < -0.39 is 11.5 Å². The van der Waals surface area contributed by atoms with Crippen LogP contribution in [0, 0.1) is 10.5 Å². The summed E-state index contributed by atoms with van der Waals surface area (Å²) in [7, 11) is 0. The first kappa shape index (κ1) is 15.3. The summed E-state index contributed by atoms with van der Waals surface area (Å²) in [6, 6.07) is 5.61. The van der Waals surface area contributed by atoms with E-state index >= 15 is 0 Å². The molecule has 1 aliphatic rings. The third-order valence-electron chi connectivity index (χ3n) is 3.84. The van der Waals surface area contributed by atoms with Crippen LogP contribution in [0.1, 0.15) is 48.0 Å². The van der Waals surface area contributed by atoms with E-state index in [0.29, 0.717) is 18.4 Å². The second-order valence-electron chi connectivity index (χ2n) is 5.39. The highest BCUT2D eigenvalue weighted by Gasteiger charge is 2.41. The Morgan fingerprint density at radius 2 is 1.90 bits per heavy atom. The zero-order chi connectivity index (χ0) is 14.8. The maximum absolute atomic E-state index is 12.4. The predicted octanol–water partition coefficient (Wildman–Crippen LogP) is 3.12. The van der Waals surface area contributed by atoms with Crippen molar-refractivity contribution >= 4 is 34.5 Å². The van der Waals surface area contributed by atoms with Gasteiger partial charge >= 0.3 is 5.97 Å². The van der Waals surface area contributed by atoms with Crippen LogP contribution in [0.4, 0.5) is 0 Å². The number of carboxylic acids is 1. The summed E-state index contributed by atoms with van der Waals surface area (Å²) >= 11 is 2.10. The van der Waals surface area contributed by atoms with Crippen LogP contribution in [0.15, 0.2) is 18.2 Å². The molecule has 1 aliphatic carbocycles. The van der Waals surface area contributed by atoms with E-state index in [-0.39, 0.29) is 5.91 Å². The molecule has 1 aromatic rings. The van der Waals surface area contributed by atoms with Crippen LogP contribution in [0.5, 0.6) is 0 Å². The van der Waals surface area contributed by atoms with Gasteiger partial charge in [0.1, 0.15) is 5.54 Å². The second-order valence-corrected chi connectivity index (χ2v) is 6.55. The van der Waals surface area contributed by atoms with E-state index in [4.69, 9.17) is 0 Å². The Bertz CT molecular complexity index is 536. The molecule has 0 aromatic heterocycles. The van der Waals surface area contributed by atoms with E-state index in [1.165, 1.54) is 0 Å². The number of aryl methyl sites for hydroxylation is 1. The molecule has 0 unspecified atom stereocenters. The minimum absolute atomic E-state index is 0.289. The van der Waals surface area contributed by atoms with Gasteiger partial charge in [-0.1, -0.05) is 30.9 Å². The molecule has 0 spiro atoms. The highest BCUT2D eigenvalue weighted by molar-refractivity contribution is 14.1. The van der Waals surface area contributed by atoms with Gasteiger partial charge in [-0.3, -0.25) is 4.79 Å². The lowest BCUT2D eigenvalue weighted by molar-refractivity contribution is -0.145. The molecule has 0 atom stereocenters. The number of hydrogen-bond acceptors (Lipinski definition) is 2. The van der Waals surface area contributed by atoms with E-state index in [2.05, 4.69) is 27.9 Å². The molecule has 1 saturated carbocycles. The molecule has 1 fully saturated rings. The monoisotopic (exact) mass is 387 g/mol. The van der Waals surface area contributed by atoms with Crippen molar-refractivity contribution in [1.29, 1.82) is 0 Å². The molecule has 5 heteroatoms. The van der Waals surface area contributed by atoms with Gasteiger partial charge in [-0.05, 0) is 54.5 Å². The molecule has 0 aliphatic heterocycles. The number of amides is 1. The highest BCUT2D eigenvalue weighted by Crippen LogP contribution is 2.29. The van der Waals surface area contributed by atoms with Crippen LogP contribution in [0.2, 0.25) is 0 Å². The number of aliphatic carboxylic acids is 1. The summed E-state index contributed by atoms with van der Waals surface area (Å²) in [5.74, 6) is -1.21. The normalized spacial score (nSPS) is 17.5. The van der Waals surface area contributed by atoms with Crippen molar-refractivity contribution in [1.82, 2.24) is 5.32 Å². The number of carbonyl (C=O) groups excluding carboxylic acids is 1. The summed E-state index contributed by atoms with van der Waals surface area (Å²) in [4.78, 5) is 24.0. The molecule has 0 heterocycles. The molecule has 20 heavy (non-hydrogen) atoms. The van der Waals surface area contributed by atoms with Gasteiger partial charge in [0.05, 0.1) is 5.56 Å². The minimum Gasteiger partial charge on any atom is -0.480 e. The Kier molecular flexibility index (Phi) is 4.67. The number of nitrogens with one attached hydrogen (secondary N) is 1. The zero-order valence-corrected chi connectivity index (χ0v) is 13.6. The van der Waals surface area contributed by atoms with Gasteiger partial charge < -0.3 is 10.4 Å². The lowest BCUT2D eigenvalue weighted by atomic mass is 9.81. The first-order valence-electron chi connectivity index (χ1n) is 6.77. The van der Waals surface area contributed by atoms with Crippen LogP contribution >= 0.6 is 22.6 Å². The second kappa shape index (κ2) is 6.11. The summed E-state index contributed by atoms with van der Waals surface area (Å²) < 4.78 is 0.835. The molecule has 0 radical (unpaired) electrons. The molecular formula is C15H18INO3. The minimum atomic E-state index is -1.10. The lowest BCUT2D eigenvalue weighted by Crippen LogP contribution is -2.55. The van der Waals surface area contributed by atoms with E-state index in [0.717, 1.165) is 28.4 Å². The maximum Gasteiger partial charge on any atom is 0.329 e. The number of carboxylic acid groups (broad SMARTS) is 1. The number of rotatable bonds is 3. The van der Waals surface area contributed by atoms with E-state index in [9.17, 15) is 14.7 Å². The summed E-state index contributed by atoms with van der Waals surface area (Å²) in [6.07, 6.45) is 3.74. The van der Waals surface area contributed by atoms with Crippen LogP contribution < -0.4 is 5.32 Å². The largest absolute Gasteiger partial charge is 0.480 e. The summed E-state index contributed by atoms with van der Waals surface area (Å²) in [5.41, 5.74) is 0.447. The fraction of sp³-hybridized carbons (Fsp3) is 0.467. The number of hydrogen-bond donors (Lipinski definition) is 2. The van der Waals surface area contributed by atoms with E-state index in [1.54, 1.807) is 6.07 Å². The fourth-order valence-corrected chi connectivity index (χ4v) is 3.23. The molecule has 1 amide bonds. The van der Waals surface area contributed by atoms with Crippen molar-refractivity contribution < 1.29 is 14.7 Å². The molecule has 0 saturated heterocycles. The Balaban J connectivity index is 2.24. The van der Waals surface area contributed by atoms with Crippen molar-refractivity contribution in [2.45, 2.75) is 44.6 Å². The molecular weight excluding hydrogens is 369 g/mol. The van der Waals surface area contributed by atoms with Gasteiger partial charge in [0, 0.05) is 3.57 Å². The Morgan fingerprint density at radius 3 is 2.50 bits per heavy atom. The number of halogens is 1. The Labute approximate surface area is 132 Å². The van der Waals surface area contributed by atoms with E-state index in [1.807, 2.05) is 19.1 Å². The lowest BCUT2D eigenvalue weighted by Gasteiger charge is -2.34. The van der Waals surface area contributed by atoms with Gasteiger partial charge in [0.25, 0.3) is 5.91 Å². The van der Waals surface area contributed by atoms with Crippen LogP contribution in [0.25, 0.3) is 0 Å². The highest BCUT2D eigenvalue weighted by atomic mass is 127. The van der Waals surface area contributed by atoms with Gasteiger partial charge in [-0.15, -0.1) is 0 Å². The van der Waals surface area contributed by atoms with Gasteiger partial charge in [0.2, 0.25) is 0 Å². The first-order valence-corrected chi connectivity index (χ1v) is 7.84. The quantitative estimate of drug-likeness (QED) is 0.784. The standard InChI is InChI=1S/C15H18INO3/c1-10-5-6-12(16)11(9-10)13(18)17-15(14(19)20)7-3-2-4-8-15/h5-6,9H,2-4,7-8H2,1H3,(H,17,18)(H,19,20). The Morgan fingerprint density at radius 1 is 1.25 bits per heavy atom. The van der Waals surface area contributed by atoms with Crippen molar-refractivity contribution in [3.05, 3.63) is 32.9 Å². The average molecular weight is 387 g/mol. The average Bonchev–Trinajstić information content (AvgIpc) is 2.42. The third-order valence-corrected chi connectivity index (χ3v) is 4.78. The Hall–Kier alpha value is -1.11. The first-order chi connectivity index (χ1) is 9.44. The number of carbonyl (C=O) groups is 2. The van der Waals surface area contributed by atoms with Crippen molar-refractivity contribution in [3.63, 3.8) is 0 Å². The molecule has 2 rings (SSSR count). The zero-order valence-electron chi connectivity index (χ0n) is 11.4. The molecule has 0 bridgehead atoms. The topological polar surface area (TPSA) is 66.4 Å². The summed E-state index contributed by atoms with van der Waals surface area (Å²) in [5, 5.41) is 12.3. The fourth-order valence-electron chi connectivity index (χ4n) is 2.65. The predicted molar refractivity (Wildman–Crippen MR) is 84.8 cm³/mol. The number of benzene rings is 1. The third kappa shape index (κ3) is 3.13. The maximum atomic E-state index is 12.4. The molecule has 108 valence electrons. The molecule has 2 N–H and O–H groups in total. The van der Waals surface area contributed by atoms with Gasteiger partial charge in [-0.25, -0.2) is 4.79 Å². The van der Waals surface area contributed by atoms with Gasteiger partial charge in [-0.2, -0.15) is 0 Å².